The van der Waals surface area contributed by atoms with E-state index >= 15 is 0 Å². The minimum Gasteiger partial charge on any atom is -0.352 e. The van der Waals surface area contributed by atoms with Gasteiger partial charge >= 0.3 is 0 Å². The van der Waals surface area contributed by atoms with Gasteiger partial charge in [-0.2, -0.15) is 4.52 Å². The van der Waals surface area contributed by atoms with Crippen molar-refractivity contribution in [3.63, 3.8) is 0 Å². The summed E-state index contributed by atoms with van der Waals surface area (Å²) in [5, 5.41) is 13.9. The van der Waals surface area contributed by atoms with Crippen LogP contribution in [0.4, 0.5) is 11.6 Å². The summed E-state index contributed by atoms with van der Waals surface area (Å²) in [6, 6.07) is 3.99. The van der Waals surface area contributed by atoms with E-state index in [-0.39, 0.29) is 0 Å². The lowest BCUT2D eigenvalue weighted by molar-refractivity contribution is 0.637. The number of nitrogens with zero attached hydrogens (tertiary/aromatic N) is 8. The van der Waals surface area contributed by atoms with Gasteiger partial charge in [0.2, 0.25) is 0 Å². The van der Waals surface area contributed by atoms with Gasteiger partial charge in [0, 0.05) is 31.1 Å². The zero-order chi connectivity index (χ0) is 18.5. The number of piperazine rings is 1. The quantitative estimate of drug-likeness (QED) is 0.518. The molecule has 0 atom stereocenters. The van der Waals surface area contributed by atoms with Gasteiger partial charge in [0.15, 0.2) is 5.65 Å². The molecule has 9 heteroatoms. The molecule has 5 heterocycles. The van der Waals surface area contributed by atoms with Crippen molar-refractivity contribution in [3.05, 3.63) is 35.2 Å². The molecule has 0 radical (unpaired) electrons. The number of aromatic nitrogens is 6. The zero-order valence-electron chi connectivity index (χ0n) is 15.5. The molecule has 1 aliphatic carbocycles. The van der Waals surface area contributed by atoms with E-state index in [2.05, 4.69) is 30.1 Å². The van der Waals surface area contributed by atoms with Crippen molar-refractivity contribution < 1.29 is 0 Å². The van der Waals surface area contributed by atoms with Crippen molar-refractivity contribution in [2.75, 3.05) is 36.0 Å². The fourth-order valence-electron chi connectivity index (χ4n) is 4.35. The van der Waals surface area contributed by atoms with Crippen LogP contribution in [0.25, 0.3) is 15.9 Å². The summed E-state index contributed by atoms with van der Waals surface area (Å²) >= 11 is 1.86. The fourth-order valence-corrected chi connectivity index (χ4v) is 5.57. The highest BCUT2D eigenvalue weighted by molar-refractivity contribution is 7.19. The minimum atomic E-state index is 0.771. The second kappa shape index (κ2) is 6.37. The maximum absolute atomic E-state index is 4.71. The summed E-state index contributed by atoms with van der Waals surface area (Å²) in [7, 11) is 0. The van der Waals surface area contributed by atoms with Crippen molar-refractivity contribution in [2.45, 2.75) is 25.7 Å². The van der Waals surface area contributed by atoms with Crippen molar-refractivity contribution in [2.24, 2.45) is 0 Å². The van der Waals surface area contributed by atoms with Crippen LogP contribution >= 0.6 is 11.3 Å². The molecule has 2 aliphatic rings. The fraction of sp³-hybridized carbons (Fsp3) is 0.421. The number of anilines is 2. The van der Waals surface area contributed by atoms with Crippen LogP contribution in [0.2, 0.25) is 0 Å². The average Bonchev–Trinajstić information content (AvgIpc) is 3.37. The standard InChI is InChI=1S/C19H20N8S/c1-2-4-14-13(3-1)17-18(20-11-21-19(17)28-14)26-9-7-25(8-10-26)16-6-5-15-23-22-12-27(15)24-16/h5-6,11-12H,1-4,7-10H2. The number of hydrogen-bond acceptors (Lipinski definition) is 8. The number of rotatable bonds is 2. The SMILES string of the molecule is c1nc(N2CCN(c3ccc4nncn4n3)CC2)c2c3c(sc2n1)CCCC3. The molecule has 28 heavy (non-hydrogen) atoms. The number of hydrogen-bond donors (Lipinski definition) is 0. The molecule has 1 aliphatic heterocycles. The maximum Gasteiger partial charge on any atom is 0.177 e. The summed E-state index contributed by atoms with van der Waals surface area (Å²) in [6.07, 6.45) is 8.31. The molecule has 1 fully saturated rings. The number of aryl methyl sites for hydroxylation is 2. The summed E-state index contributed by atoms with van der Waals surface area (Å²) in [5.74, 6) is 2.08. The monoisotopic (exact) mass is 392 g/mol. The van der Waals surface area contributed by atoms with Crippen LogP contribution in [0, 0.1) is 0 Å². The highest BCUT2D eigenvalue weighted by Gasteiger charge is 2.25. The minimum absolute atomic E-state index is 0.771. The van der Waals surface area contributed by atoms with Crippen LogP contribution in [-0.2, 0) is 12.8 Å². The van der Waals surface area contributed by atoms with Crippen molar-refractivity contribution >= 4 is 38.8 Å². The lowest BCUT2D eigenvalue weighted by atomic mass is 9.97. The first-order valence-electron chi connectivity index (χ1n) is 9.79. The van der Waals surface area contributed by atoms with Crippen LogP contribution in [0.3, 0.4) is 0 Å². The molecule has 4 aromatic heterocycles. The van der Waals surface area contributed by atoms with E-state index in [9.17, 15) is 0 Å². The van der Waals surface area contributed by atoms with Crippen molar-refractivity contribution in [3.8, 4) is 0 Å². The third kappa shape index (κ3) is 2.53. The molecule has 1 saturated heterocycles. The lowest BCUT2D eigenvalue weighted by Crippen LogP contribution is -2.47. The zero-order valence-corrected chi connectivity index (χ0v) is 16.3. The van der Waals surface area contributed by atoms with Gasteiger partial charge in [-0.25, -0.2) is 9.97 Å². The number of thiophene rings is 1. The predicted molar refractivity (Wildman–Crippen MR) is 109 cm³/mol. The van der Waals surface area contributed by atoms with E-state index in [1.54, 1.807) is 17.2 Å². The molecular formula is C19H20N8S. The van der Waals surface area contributed by atoms with Gasteiger partial charge in [-0.15, -0.1) is 26.6 Å². The largest absolute Gasteiger partial charge is 0.352 e. The first-order chi connectivity index (χ1) is 13.9. The van der Waals surface area contributed by atoms with Crippen molar-refractivity contribution in [1.29, 1.82) is 0 Å². The second-order valence-corrected chi connectivity index (χ2v) is 8.47. The van der Waals surface area contributed by atoms with Gasteiger partial charge in [-0.3, -0.25) is 0 Å². The Kier molecular flexibility index (Phi) is 3.68. The van der Waals surface area contributed by atoms with Gasteiger partial charge in [0.25, 0.3) is 0 Å². The predicted octanol–water partition coefficient (Wildman–Crippen LogP) is 2.33. The van der Waals surface area contributed by atoms with E-state index in [1.165, 1.54) is 41.5 Å². The van der Waals surface area contributed by atoms with Crippen LogP contribution in [0.15, 0.2) is 24.8 Å². The van der Waals surface area contributed by atoms with Gasteiger partial charge in [-0.05, 0) is 43.4 Å². The summed E-state index contributed by atoms with van der Waals surface area (Å²) in [5.41, 5.74) is 2.28. The first-order valence-corrected chi connectivity index (χ1v) is 10.6. The molecular weight excluding hydrogens is 372 g/mol. The first kappa shape index (κ1) is 16.2. The van der Waals surface area contributed by atoms with E-state index in [4.69, 9.17) is 4.98 Å². The highest BCUT2D eigenvalue weighted by atomic mass is 32.1. The summed E-state index contributed by atoms with van der Waals surface area (Å²) in [6.45, 7) is 3.69. The Morgan fingerprint density at radius 1 is 0.929 bits per heavy atom. The Balaban J connectivity index is 1.28. The van der Waals surface area contributed by atoms with Crippen molar-refractivity contribution in [1.82, 2.24) is 29.8 Å². The van der Waals surface area contributed by atoms with Crippen LogP contribution < -0.4 is 9.80 Å². The molecule has 0 amide bonds. The molecule has 0 bridgehead atoms. The molecule has 6 rings (SSSR count). The van der Waals surface area contributed by atoms with E-state index < -0.39 is 0 Å². The van der Waals surface area contributed by atoms with E-state index in [0.717, 1.165) is 48.3 Å². The van der Waals surface area contributed by atoms with Gasteiger partial charge < -0.3 is 9.80 Å². The normalized spacial score (nSPS) is 17.4. The topological polar surface area (TPSA) is 75.3 Å². The van der Waals surface area contributed by atoms with E-state index in [1.807, 2.05) is 23.5 Å². The Hall–Kier alpha value is -2.81. The molecule has 4 aromatic rings. The lowest BCUT2D eigenvalue weighted by Gasteiger charge is -2.36. The molecule has 0 saturated carbocycles. The average molecular weight is 392 g/mol. The number of fused-ring (bicyclic) bond motifs is 4. The Morgan fingerprint density at radius 2 is 1.79 bits per heavy atom. The van der Waals surface area contributed by atoms with Gasteiger partial charge in [0.05, 0.1) is 5.39 Å². The smallest absolute Gasteiger partial charge is 0.177 e. The van der Waals surface area contributed by atoms with Gasteiger partial charge in [0.1, 0.15) is 29.1 Å². The summed E-state index contributed by atoms with van der Waals surface area (Å²) in [4.78, 5) is 16.7. The van der Waals surface area contributed by atoms with E-state index in [0.29, 0.717) is 0 Å². The third-order valence-electron chi connectivity index (χ3n) is 5.78. The third-order valence-corrected chi connectivity index (χ3v) is 6.98. The second-order valence-electron chi connectivity index (χ2n) is 7.39. The highest BCUT2D eigenvalue weighted by Crippen LogP contribution is 2.39. The molecule has 142 valence electrons. The molecule has 0 spiro atoms. The Labute approximate surface area is 165 Å². The molecule has 8 nitrogen and oxygen atoms in total. The van der Waals surface area contributed by atoms with Crippen LogP contribution in [0.5, 0.6) is 0 Å². The Bertz CT molecular complexity index is 1160. The summed E-state index contributed by atoms with van der Waals surface area (Å²) < 4.78 is 1.73. The van der Waals surface area contributed by atoms with Crippen LogP contribution in [0.1, 0.15) is 23.3 Å². The molecule has 0 unspecified atom stereocenters. The molecule has 0 N–H and O–H groups in total. The van der Waals surface area contributed by atoms with Gasteiger partial charge in [-0.1, -0.05) is 0 Å². The Morgan fingerprint density at radius 3 is 2.71 bits per heavy atom. The van der Waals surface area contributed by atoms with Crippen LogP contribution in [-0.4, -0.2) is 56.0 Å². The molecule has 0 aromatic carbocycles. The maximum atomic E-state index is 4.71.